The molecule has 0 bridgehead atoms. The summed E-state index contributed by atoms with van der Waals surface area (Å²) in [6, 6.07) is 2.61. The van der Waals surface area contributed by atoms with E-state index in [1.165, 1.54) is 44.1 Å². The van der Waals surface area contributed by atoms with Gasteiger partial charge in [-0.2, -0.15) is 0 Å². The number of aromatic nitrogens is 1. The molecule has 0 aromatic carbocycles. The second-order valence-electron chi connectivity index (χ2n) is 5.90. The molecule has 3 rings (SSSR count). The number of nitrogens with one attached hydrogen (secondary N) is 1. The Morgan fingerprint density at radius 3 is 2.78 bits per heavy atom. The smallest absolute Gasteiger partial charge is 0.152 e. The molecule has 1 aromatic heterocycles. The number of halogens is 1. The Balaban J connectivity index is 1.68. The van der Waals surface area contributed by atoms with Crippen LogP contribution in [0.5, 0.6) is 0 Å². The zero-order valence-corrected chi connectivity index (χ0v) is 11.7. The Morgan fingerprint density at radius 1 is 1.22 bits per heavy atom. The van der Waals surface area contributed by atoms with Gasteiger partial charge in [0.25, 0.3) is 0 Å². The lowest BCUT2D eigenvalue weighted by Crippen LogP contribution is -2.28. The summed E-state index contributed by atoms with van der Waals surface area (Å²) in [7, 11) is 0. The molecule has 2 nitrogen and oxygen atoms in total. The molecule has 3 heteroatoms. The average Bonchev–Trinajstić information content (AvgIpc) is 3.19. The minimum atomic E-state index is 0.588. The molecule has 0 radical (unpaired) electrons. The van der Waals surface area contributed by atoms with E-state index in [0.717, 1.165) is 17.5 Å². The monoisotopic (exact) mass is 264 g/mol. The van der Waals surface area contributed by atoms with Crippen molar-refractivity contribution in [1.82, 2.24) is 4.98 Å². The van der Waals surface area contributed by atoms with Gasteiger partial charge in [0.2, 0.25) is 0 Å². The van der Waals surface area contributed by atoms with E-state index >= 15 is 0 Å². The topological polar surface area (TPSA) is 24.9 Å². The third kappa shape index (κ3) is 2.64. The minimum Gasteiger partial charge on any atom is -0.380 e. The number of hydrogen-bond acceptors (Lipinski definition) is 2. The van der Waals surface area contributed by atoms with Crippen LogP contribution >= 0.6 is 11.6 Å². The van der Waals surface area contributed by atoms with Gasteiger partial charge >= 0.3 is 0 Å². The van der Waals surface area contributed by atoms with Crippen molar-refractivity contribution in [1.29, 1.82) is 0 Å². The summed E-state index contributed by atoms with van der Waals surface area (Å²) in [6.07, 6.45) is 10.1. The van der Waals surface area contributed by atoms with Gasteiger partial charge in [-0.3, -0.25) is 0 Å². The van der Waals surface area contributed by atoms with Crippen molar-refractivity contribution in [2.24, 2.45) is 11.8 Å². The van der Waals surface area contributed by atoms with Crippen LogP contribution in [0.25, 0.3) is 0 Å². The average molecular weight is 265 g/mol. The molecular weight excluding hydrogens is 244 g/mol. The van der Waals surface area contributed by atoms with E-state index in [1.807, 2.05) is 6.07 Å². The van der Waals surface area contributed by atoms with Gasteiger partial charge in [0.1, 0.15) is 0 Å². The van der Waals surface area contributed by atoms with Crippen LogP contribution in [0.1, 0.15) is 44.1 Å². The van der Waals surface area contributed by atoms with Crippen LogP contribution in [0.15, 0.2) is 12.3 Å². The second-order valence-corrected chi connectivity index (χ2v) is 6.26. The lowest BCUT2D eigenvalue weighted by atomic mass is 9.82. The summed E-state index contributed by atoms with van der Waals surface area (Å²) < 4.78 is 0. The highest BCUT2D eigenvalue weighted by atomic mass is 35.5. The van der Waals surface area contributed by atoms with Gasteiger partial charge in [-0.15, -0.1) is 0 Å². The van der Waals surface area contributed by atoms with Gasteiger partial charge in [0.05, 0.1) is 5.69 Å². The summed E-state index contributed by atoms with van der Waals surface area (Å²) >= 11 is 6.19. The predicted octanol–water partition coefficient (Wildman–Crippen LogP) is 4.42. The van der Waals surface area contributed by atoms with Crippen LogP contribution in [0.4, 0.5) is 5.69 Å². The van der Waals surface area contributed by atoms with E-state index in [0.29, 0.717) is 11.2 Å². The number of rotatable bonds is 3. The van der Waals surface area contributed by atoms with Crippen LogP contribution < -0.4 is 5.32 Å². The Kier molecular flexibility index (Phi) is 3.47. The first-order chi connectivity index (χ1) is 8.74. The summed E-state index contributed by atoms with van der Waals surface area (Å²) in [5.41, 5.74) is 2.24. The molecule has 18 heavy (non-hydrogen) atoms. The number of aryl methyl sites for hydroxylation is 1. The lowest BCUT2D eigenvalue weighted by molar-refractivity contribution is 0.303. The van der Waals surface area contributed by atoms with E-state index < -0.39 is 0 Å². The fourth-order valence-electron chi connectivity index (χ4n) is 3.26. The van der Waals surface area contributed by atoms with Gasteiger partial charge in [-0.1, -0.05) is 24.4 Å². The fourth-order valence-corrected chi connectivity index (χ4v) is 3.52. The highest BCUT2D eigenvalue weighted by molar-refractivity contribution is 6.32. The molecule has 0 amide bonds. The highest BCUT2D eigenvalue weighted by Crippen LogP contribution is 2.44. The molecule has 2 aliphatic rings. The van der Waals surface area contributed by atoms with Crippen LogP contribution in [-0.2, 0) is 0 Å². The second kappa shape index (κ2) is 5.08. The van der Waals surface area contributed by atoms with Gasteiger partial charge in [-0.25, -0.2) is 4.98 Å². The maximum absolute atomic E-state index is 6.19. The molecule has 98 valence electrons. The normalized spacial score (nSPS) is 28.1. The van der Waals surface area contributed by atoms with E-state index in [4.69, 9.17) is 11.6 Å². The van der Waals surface area contributed by atoms with Gasteiger partial charge in [0, 0.05) is 12.2 Å². The quantitative estimate of drug-likeness (QED) is 0.818. The molecule has 1 N–H and O–H groups in total. The Hall–Kier alpha value is -0.760. The zero-order valence-electron chi connectivity index (χ0n) is 11.0. The maximum Gasteiger partial charge on any atom is 0.152 e. The van der Waals surface area contributed by atoms with Gasteiger partial charge in [-0.05, 0) is 56.1 Å². The molecular formula is C15H21ClN2. The van der Waals surface area contributed by atoms with Crippen molar-refractivity contribution >= 4 is 17.3 Å². The largest absolute Gasteiger partial charge is 0.380 e. The third-order valence-corrected chi connectivity index (χ3v) is 4.75. The molecule has 1 heterocycles. The summed E-state index contributed by atoms with van der Waals surface area (Å²) in [5, 5.41) is 4.25. The summed E-state index contributed by atoms with van der Waals surface area (Å²) in [4.78, 5) is 4.17. The SMILES string of the molecule is Cc1ccnc(Cl)c1NC1CCCC(C2CC2)C1. The Labute approximate surface area is 114 Å². The van der Waals surface area contributed by atoms with E-state index in [9.17, 15) is 0 Å². The highest BCUT2D eigenvalue weighted by Gasteiger charge is 2.34. The van der Waals surface area contributed by atoms with Crippen molar-refractivity contribution in [2.45, 2.75) is 51.5 Å². The maximum atomic E-state index is 6.19. The van der Waals surface area contributed by atoms with Crippen LogP contribution in [0, 0.1) is 18.8 Å². The van der Waals surface area contributed by atoms with Gasteiger partial charge < -0.3 is 5.32 Å². The zero-order chi connectivity index (χ0) is 12.5. The third-order valence-electron chi connectivity index (χ3n) is 4.46. The molecule has 0 spiro atoms. The van der Waals surface area contributed by atoms with Crippen molar-refractivity contribution < 1.29 is 0 Å². The Bertz CT molecular complexity index is 408. The summed E-state index contributed by atoms with van der Waals surface area (Å²) in [5.74, 6) is 1.98. The molecule has 2 fully saturated rings. The lowest BCUT2D eigenvalue weighted by Gasteiger charge is -2.31. The van der Waals surface area contributed by atoms with Crippen LogP contribution in [0.3, 0.4) is 0 Å². The van der Waals surface area contributed by atoms with Crippen molar-refractivity contribution in [2.75, 3.05) is 5.32 Å². The van der Waals surface area contributed by atoms with E-state index in [1.54, 1.807) is 6.20 Å². The predicted molar refractivity (Wildman–Crippen MR) is 76.1 cm³/mol. The molecule has 2 saturated carbocycles. The first-order valence-corrected chi connectivity index (χ1v) is 7.49. The molecule has 2 aliphatic carbocycles. The Morgan fingerprint density at radius 2 is 2.06 bits per heavy atom. The first-order valence-electron chi connectivity index (χ1n) is 7.11. The van der Waals surface area contributed by atoms with Crippen LogP contribution in [-0.4, -0.2) is 11.0 Å². The first kappa shape index (κ1) is 12.3. The van der Waals surface area contributed by atoms with Gasteiger partial charge in [0.15, 0.2) is 5.15 Å². The van der Waals surface area contributed by atoms with Crippen molar-refractivity contribution in [3.8, 4) is 0 Å². The molecule has 0 saturated heterocycles. The summed E-state index contributed by atoms with van der Waals surface area (Å²) in [6.45, 7) is 2.09. The fraction of sp³-hybridized carbons (Fsp3) is 0.667. The van der Waals surface area contributed by atoms with E-state index in [-0.39, 0.29) is 0 Å². The number of hydrogen-bond donors (Lipinski definition) is 1. The number of nitrogens with zero attached hydrogens (tertiary/aromatic N) is 1. The molecule has 2 unspecified atom stereocenters. The number of pyridine rings is 1. The van der Waals surface area contributed by atoms with Crippen molar-refractivity contribution in [3.05, 3.63) is 23.0 Å². The minimum absolute atomic E-state index is 0.588. The van der Waals surface area contributed by atoms with Crippen LogP contribution in [0.2, 0.25) is 5.15 Å². The molecule has 1 aromatic rings. The van der Waals surface area contributed by atoms with Crippen molar-refractivity contribution in [3.63, 3.8) is 0 Å². The number of anilines is 1. The van der Waals surface area contributed by atoms with E-state index in [2.05, 4.69) is 17.2 Å². The molecule has 2 atom stereocenters. The molecule has 0 aliphatic heterocycles. The standard InChI is InChI=1S/C15H21ClN2/c1-10-7-8-17-15(16)14(10)18-13-4-2-3-12(9-13)11-5-6-11/h7-8,11-13,18H,2-6,9H2,1H3.